The molecule has 17 heteroatoms. The number of esters is 1. The normalized spacial score (nSPS) is 18.5. The maximum Gasteiger partial charge on any atom is 0.365 e. The average molecular weight is 620 g/mol. The number of thiazole rings is 1. The first-order valence-corrected chi connectivity index (χ1v) is 14.8. The standard InChI is InChI=1S/C24H37N5O10S2/c1-13-15(27-17(30)16(14-11-40-21(25)26-14)28-39-24(7,8)19(32)33)18(31)29(13)41(35,36)38-12-23(5,6)9-10-37-20(34)22(2,3)4/h11,13,15H,9-10,12H2,1-8H3,(H2,25,26)(H,27,30)(H,32,33)/t13-,15-/m0/s1. The van der Waals surface area contributed by atoms with Crippen molar-refractivity contribution in [3.63, 3.8) is 0 Å². The third-order valence-electron chi connectivity index (χ3n) is 5.95. The summed E-state index contributed by atoms with van der Waals surface area (Å²) in [6, 6.07) is -2.29. The number of nitrogen functional groups attached to an aromatic ring is 1. The zero-order valence-electron chi connectivity index (χ0n) is 24.2. The molecule has 4 N–H and O–H groups in total. The Morgan fingerprint density at radius 3 is 2.29 bits per heavy atom. The van der Waals surface area contributed by atoms with E-state index in [2.05, 4.69) is 15.5 Å². The molecule has 0 aromatic carbocycles. The fraction of sp³-hybridized carbons (Fsp3) is 0.667. The highest BCUT2D eigenvalue weighted by atomic mass is 32.2. The van der Waals surface area contributed by atoms with Crippen LogP contribution in [0.15, 0.2) is 10.5 Å². The van der Waals surface area contributed by atoms with Gasteiger partial charge in [-0.25, -0.2) is 14.1 Å². The van der Waals surface area contributed by atoms with Crippen molar-refractivity contribution in [2.75, 3.05) is 18.9 Å². The highest BCUT2D eigenvalue weighted by molar-refractivity contribution is 7.85. The van der Waals surface area contributed by atoms with E-state index in [4.69, 9.17) is 19.5 Å². The molecule has 15 nitrogen and oxygen atoms in total. The van der Waals surface area contributed by atoms with Crippen molar-refractivity contribution in [2.24, 2.45) is 16.0 Å². The van der Waals surface area contributed by atoms with Crippen LogP contribution in [0.1, 0.15) is 67.5 Å². The highest BCUT2D eigenvalue weighted by Crippen LogP contribution is 2.28. The number of oxime groups is 1. The summed E-state index contributed by atoms with van der Waals surface area (Å²) in [6.45, 7) is 12.2. The van der Waals surface area contributed by atoms with E-state index in [0.29, 0.717) is 10.7 Å². The Hall–Kier alpha value is -3.31. The number of nitrogens with one attached hydrogen (secondary N) is 1. The van der Waals surface area contributed by atoms with Crippen molar-refractivity contribution in [1.82, 2.24) is 14.6 Å². The summed E-state index contributed by atoms with van der Waals surface area (Å²) >= 11 is 0.986. The molecule has 1 aromatic heterocycles. The van der Waals surface area contributed by atoms with Gasteiger partial charge in [0.05, 0.1) is 24.7 Å². The second-order valence-electron chi connectivity index (χ2n) is 11.8. The van der Waals surface area contributed by atoms with E-state index in [9.17, 15) is 32.7 Å². The van der Waals surface area contributed by atoms with Crippen molar-refractivity contribution < 1.29 is 46.5 Å². The Kier molecular flexibility index (Phi) is 10.2. The van der Waals surface area contributed by atoms with Crippen LogP contribution in [0.2, 0.25) is 0 Å². The van der Waals surface area contributed by atoms with Crippen LogP contribution in [0.4, 0.5) is 5.13 Å². The van der Waals surface area contributed by atoms with Gasteiger partial charge in [0, 0.05) is 5.38 Å². The van der Waals surface area contributed by atoms with E-state index < -0.39 is 68.3 Å². The Morgan fingerprint density at radius 1 is 1.20 bits per heavy atom. The SMILES string of the molecule is C[C@H]1[C@H](NC(=O)C(=NOC(C)(C)C(=O)O)c2csc(N)n2)C(=O)N1S(=O)(=O)OCC(C)(C)CCOC(=O)C(C)(C)C. The van der Waals surface area contributed by atoms with E-state index in [-0.39, 0.29) is 24.0 Å². The molecule has 0 saturated carbocycles. The van der Waals surface area contributed by atoms with Crippen molar-refractivity contribution in [1.29, 1.82) is 0 Å². The largest absolute Gasteiger partial charge is 0.478 e. The summed E-state index contributed by atoms with van der Waals surface area (Å²) in [4.78, 5) is 58.1. The molecule has 2 amide bonds. The Bertz CT molecular complexity index is 1310. The van der Waals surface area contributed by atoms with E-state index in [1.165, 1.54) is 26.2 Å². The number of nitrogens with zero attached hydrogens (tertiary/aromatic N) is 3. The molecule has 0 unspecified atom stereocenters. The number of rotatable bonds is 13. The van der Waals surface area contributed by atoms with E-state index in [1.807, 2.05) is 0 Å². The molecule has 230 valence electrons. The summed E-state index contributed by atoms with van der Waals surface area (Å²) in [5.41, 5.74) is 1.95. The molecule has 0 bridgehead atoms. The number of carboxylic acid groups (broad SMARTS) is 1. The number of β-lactam (4-membered cyclic amide) rings is 1. The Balaban J connectivity index is 2.06. The number of aliphatic carboxylic acids is 1. The number of nitrogens with two attached hydrogens (primary N) is 1. The van der Waals surface area contributed by atoms with Crippen LogP contribution in [0, 0.1) is 10.8 Å². The zero-order chi connectivity index (χ0) is 31.6. The molecule has 1 aromatic rings. The van der Waals surface area contributed by atoms with Crippen molar-refractivity contribution >= 4 is 56.2 Å². The molecule has 0 radical (unpaired) electrons. The predicted octanol–water partition coefficient (Wildman–Crippen LogP) is 1.29. The van der Waals surface area contributed by atoms with Crippen molar-refractivity contribution in [3.05, 3.63) is 11.1 Å². The molecular weight excluding hydrogens is 582 g/mol. The minimum absolute atomic E-state index is 0.0335. The molecule has 2 heterocycles. The maximum absolute atomic E-state index is 13.0. The van der Waals surface area contributed by atoms with Crippen LogP contribution in [-0.4, -0.2) is 83.2 Å². The first-order chi connectivity index (χ1) is 18.6. The number of hydrogen-bond donors (Lipinski definition) is 3. The number of aromatic nitrogens is 1. The quantitative estimate of drug-likeness (QED) is 0.123. The van der Waals surface area contributed by atoms with E-state index >= 15 is 0 Å². The second-order valence-corrected chi connectivity index (χ2v) is 14.1. The van der Waals surface area contributed by atoms with Crippen LogP contribution in [-0.2, 0) is 43.2 Å². The van der Waals surface area contributed by atoms with Gasteiger partial charge in [0.2, 0.25) is 5.60 Å². The number of carbonyl (C=O) groups is 4. The maximum atomic E-state index is 13.0. The van der Waals surface area contributed by atoms with Gasteiger partial charge < -0.3 is 25.7 Å². The smallest absolute Gasteiger partial charge is 0.365 e. The van der Waals surface area contributed by atoms with Crippen LogP contribution in [0.25, 0.3) is 0 Å². The first-order valence-electron chi connectivity index (χ1n) is 12.5. The van der Waals surface area contributed by atoms with Gasteiger partial charge >= 0.3 is 22.2 Å². The molecule has 1 fully saturated rings. The highest BCUT2D eigenvalue weighted by Gasteiger charge is 2.53. The molecule has 0 aliphatic carbocycles. The van der Waals surface area contributed by atoms with Gasteiger partial charge in [-0.3, -0.25) is 18.6 Å². The Labute approximate surface area is 242 Å². The molecule has 2 rings (SSSR count). The van der Waals surface area contributed by atoms with Gasteiger partial charge in [-0.2, -0.15) is 8.42 Å². The lowest BCUT2D eigenvalue weighted by Gasteiger charge is -2.43. The summed E-state index contributed by atoms with van der Waals surface area (Å²) in [7, 11) is -4.52. The van der Waals surface area contributed by atoms with Gasteiger partial charge in [0.1, 0.15) is 11.7 Å². The number of amides is 2. The number of ether oxygens (including phenoxy) is 1. The van der Waals surface area contributed by atoms with E-state index in [1.54, 1.807) is 34.6 Å². The zero-order valence-corrected chi connectivity index (χ0v) is 25.8. The van der Waals surface area contributed by atoms with E-state index in [0.717, 1.165) is 11.3 Å². The van der Waals surface area contributed by atoms with Crippen LogP contribution < -0.4 is 11.1 Å². The lowest BCUT2D eigenvalue weighted by Crippen LogP contribution is -2.71. The minimum atomic E-state index is -4.52. The molecule has 2 atom stereocenters. The minimum Gasteiger partial charge on any atom is -0.478 e. The topological polar surface area (TPSA) is 217 Å². The average Bonchev–Trinajstić information content (AvgIpc) is 3.26. The number of carbonyl (C=O) groups excluding carboxylic acids is 3. The fourth-order valence-electron chi connectivity index (χ4n) is 3.10. The second kappa shape index (κ2) is 12.3. The predicted molar refractivity (Wildman–Crippen MR) is 148 cm³/mol. The van der Waals surface area contributed by atoms with Gasteiger partial charge in [-0.1, -0.05) is 19.0 Å². The molecular formula is C24H37N5O10S2. The number of carboxylic acids is 1. The third kappa shape index (κ3) is 8.59. The van der Waals surface area contributed by atoms with Crippen molar-refractivity contribution in [2.45, 2.75) is 79.5 Å². The monoisotopic (exact) mass is 619 g/mol. The van der Waals surface area contributed by atoms with Gasteiger partial charge in [-0.15, -0.1) is 11.3 Å². The van der Waals surface area contributed by atoms with Crippen LogP contribution >= 0.6 is 11.3 Å². The summed E-state index contributed by atoms with van der Waals surface area (Å²) < 4.78 is 36.5. The molecule has 1 aliphatic heterocycles. The fourth-order valence-corrected chi connectivity index (χ4v) is 5.09. The van der Waals surface area contributed by atoms with Crippen LogP contribution in [0.5, 0.6) is 0 Å². The Morgan fingerprint density at radius 2 is 1.80 bits per heavy atom. The molecule has 0 spiro atoms. The van der Waals surface area contributed by atoms with Crippen LogP contribution in [0.3, 0.4) is 0 Å². The van der Waals surface area contributed by atoms with Gasteiger partial charge in [0.25, 0.3) is 11.8 Å². The van der Waals surface area contributed by atoms with Crippen molar-refractivity contribution in [3.8, 4) is 0 Å². The molecule has 41 heavy (non-hydrogen) atoms. The number of hydrogen-bond acceptors (Lipinski definition) is 13. The first kappa shape index (κ1) is 33.9. The number of anilines is 1. The summed E-state index contributed by atoms with van der Waals surface area (Å²) in [6.07, 6.45) is 0.302. The lowest BCUT2D eigenvalue weighted by atomic mass is 9.91. The lowest BCUT2D eigenvalue weighted by molar-refractivity contribution is -0.161. The molecule has 1 saturated heterocycles. The summed E-state index contributed by atoms with van der Waals surface area (Å²) in [5, 5.41) is 16.8. The van der Waals surface area contributed by atoms with Gasteiger partial charge in [-0.05, 0) is 53.4 Å². The summed E-state index contributed by atoms with van der Waals surface area (Å²) in [5.74, 6) is -3.66. The molecule has 1 aliphatic rings. The van der Waals surface area contributed by atoms with Gasteiger partial charge in [0.15, 0.2) is 10.8 Å². The third-order valence-corrected chi connectivity index (χ3v) is 8.03.